The first-order chi connectivity index (χ1) is 8.52. The Morgan fingerprint density at radius 2 is 2.33 bits per heavy atom. The molecular formula is C12H16N2O3S. The molecule has 0 radical (unpaired) electrons. The molecule has 1 rings (SSSR count). The summed E-state index contributed by atoms with van der Waals surface area (Å²) >= 11 is 1.51. The van der Waals surface area contributed by atoms with Gasteiger partial charge < -0.3 is 10.1 Å². The number of nitrogens with one attached hydrogen (secondary N) is 1. The molecule has 18 heavy (non-hydrogen) atoms. The van der Waals surface area contributed by atoms with Crippen LogP contribution < -0.4 is 5.32 Å². The average Bonchev–Trinajstić information content (AvgIpc) is 2.73. The highest BCUT2D eigenvalue weighted by atomic mass is 32.1. The third-order valence-corrected chi connectivity index (χ3v) is 2.83. The second-order valence-corrected chi connectivity index (χ2v) is 4.67. The van der Waals surface area contributed by atoms with E-state index in [0.717, 1.165) is 10.7 Å². The van der Waals surface area contributed by atoms with Crippen LogP contribution in [0.4, 0.5) is 0 Å². The molecule has 1 atom stereocenters. The van der Waals surface area contributed by atoms with Crippen LogP contribution in [0.3, 0.4) is 0 Å². The number of nitrogens with zero attached hydrogens (tertiary/aromatic N) is 1. The van der Waals surface area contributed by atoms with Crippen molar-refractivity contribution in [1.29, 1.82) is 0 Å². The van der Waals surface area contributed by atoms with E-state index in [1.54, 1.807) is 19.9 Å². The Kier molecular flexibility index (Phi) is 5.51. The highest BCUT2D eigenvalue weighted by Crippen LogP contribution is 2.08. The lowest BCUT2D eigenvalue weighted by atomic mass is 10.3. The van der Waals surface area contributed by atoms with Crippen LogP contribution in [0.1, 0.15) is 24.5 Å². The summed E-state index contributed by atoms with van der Waals surface area (Å²) in [6.07, 6.45) is 2.96. The normalized spacial score (nSPS) is 12.4. The molecule has 1 amide bonds. The minimum atomic E-state index is -0.653. The molecule has 0 fully saturated rings. The standard InChI is InChI=1S/C12H16N2O3S/c1-4-17-12(16)8(2)13-11(15)6-5-10-7-18-9(3)14-10/h5-8H,4H2,1-3H3,(H,13,15). The third kappa shape index (κ3) is 4.67. The summed E-state index contributed by atoms with van der Waals surface area (Å²) in [5, 5.41) is 5.31. The van der Waals surface area contributed by atoms with Gasteiger partial charge >= 0.3 is 5.97 Å². The third-order valence-electron chi connectivity index (χ3n) is 2.04. The van der Waals surface area contributed by atoms with Crippen molar-refractivity contribution in [3.05, 3.63) is 22.2 Å². The van der Waals surface area contributed by atoms with Crippen molar-refractivity contribution in [1.82, 2.24) is 10.3 Å². The number of aryl methyl sites for hydroxylation is 1. The summed E-state index contributed by atoms with van der Waals surface area (Å²) in [6, 6.07) is -0.653. The second kappa shape index (κ2) is 6.90. The maximum absolute atomic E-state index is 11.5. The fourth-order valence-corrected chi connectivity index (χ4v) is 1.79. The summed E-state index contributed by atoms with van der Waals surface area (Å²) in [6.45, 7) is 5.49. The Bertz CT molecular complexity index is 454. The smallest absolute Gasteiger partial charge is 0.328 e. The fourth-order valence-electron chi connectivity index (χ4n) is 1.21. The molecule has 6 heteroatoms. The number of rotatable bonds is 5. The van der Waals surface area contributed by atoms with E-state index in [2.05, 4.69) is 10.3 Å². The fraction of sp³-hybridized carbons (Fsp3) is 0.417. The van der Waals surface area contributed by atoms with Crippen molar-refractivity contribution in [2.75, 3.05) is 6.61 Å². The van der Waals surface area contributed by atoms with Gasteiger partial charge in [-0.1, -0.05) is 0 Å². The van der Waals surface area contributed by atoms with Crippen LogP contribution in [0, 0.1) is 6.92 Å². The number of hydrogen-bond acceptors (Lipinski definition) is 5. The van der Waals surface area contributed by atoms with Crippen molar-refractivity contribution >= 4 is 29.3 Å². The summed E-state index contributed by atoms with van der Waals surface area (Å²) in [5.74, 6) is -0.787. The number of thiazole rings is 1. The van der Waals surface area contributed by atoms with Crippen molar-refractivity contribution in [3.63, 3.8) is 0 Å². The Labute approximate surface area is 110 Å². The first-order valence-corrected chi connectivity index (χ1v) is 6.48. The number of esters is 1. The molecule has 98 valence electrons. The van der Waals surface area contributed by atoms with Gasteiger partial charge in [0.05, 0.1) is 17.3 Å². The SMILES string of the molecule is CCOC(=O)C(C)NC(=O)C=Cc1csc(C)n1. The van der Waals surface area contributed by atoms with E-state index >= 15 is 0 Å². The highest BCUT2D eigenvalue weighted by molar-refractivity contribution is 7.09. The van der Waals surface area contributed by atoms with Crippen molar-refractivity contribution < 1.29 is 14.3 Å². The zero-order valence-electron chi connectivity index (χ0n) is 10.6. The van der Waals surface area contributed by atoms with E-state index in [1.165, 1.54) is 17.4 Å². The zero-order valence-corrected chi connectivity index (χ0v) is 11.4. The number of carbonyl (C=O) groups is 2. The number of hydrogen-bond donors (Lipinski definition) is 1. The molecule has 1 unspecified atom stereocenters. The molecule has 0 saturated carbocycles. The van der Waals surface area contributed by atoms with Gasteiger partial charge in [0, 0.05) is 11.5 Å². The molecule has 0 aromatic carbocycles. The van der Waals surface area contributed by atoms with Crippen LogP contribution in [-0.2, 0) is 14.3 Å². The number of ether oxygens (including phenoxy) is 1. The van der Waals surface area contributed by atoms with Crippen molar-refractivity contribution in [2.24, 2.45) is 0 Å². The van der Waals surface area contributed by atoms with E-state index in [-0.39, 0.29) is 5.91 Å². The lowest BCUT2D eigenvalue weighted by Gasteiger charge is -2.10. The molecular weight excluding hydrogens is 252 g/mol. The molecule has 1 N–H and O–H groups in total. The molecule has 0 saturated heterocycles. The summed E-state index contributed by atoms with van der Waals surface area (Å²) < 4.78 is 4.78. The second-order valence-electron chi connectivity index (χ2n) is 3.61. The maximum atomic E-state index is 11.5. The minimum Gasteiger partial charge on any atom is -0.464 e. The predicted octanol–water partition coefficient (Wildman–Crippen LogP) is 1.53. The van der Waals surface area contributed by atoms with Crippen LogP contribution in [0.15, 0.2) is 11.5 Å². The van der Waals surface area contributed by atoms with Gasteiger partial charge in [0.2, 0.25) is 5.91 Å². The van der Waals surface area contributed by atoms with E-state index < -0.39 is 12.0 Å². The topological polar surface area (TPSA) is 68.3 Å². The van der Waals surface area contributed by atoms with Crippen molar-refractivity contribution in [3.8, 4) is 0 Å². The van der Waals surface area contributed by atoms with Gasteiger partial charge in [0.15, 0.2) is 0 Å². The monoisotopic (exact) mass is 268 g/mol. The van der Waals surface area contributed by atoms with Gasteiger partial charge in [-0.2, -0.15) is 0 Å². The Morgan fingerprint density at radius 3 is 2.89 bits per heavy atom. The van der Waals surface area contributed by atoms with Crippen LogP contribution in [0.2, 0.25) is 0 Å². The van der Waals surface area contributed by atoms with Crippen LogP contribution in [0.5, 0.6) is 0 Å². The van der Waals surface area contributed by atoms with Gasteiger partial charge in [-0.05, 0) is 26.8 Å². The van der Waals surface area contributed by atoms with Crippen LogP contribution >= 0.6 is 11.3 Å². The summed E-state index contributed by atoms with van der Waals surface area (Å²) in [4.78, 5) is 27.0. The Hall–Kier alpha value is -1.69. The lowest BCUT2D eigenvalue weighted by molar-refractivity contribution is -0.146. The number of aromatic nitrogens is 1. The lowest BCUT2D eigenvalue weighted by Crippen LogP contribution is -2.38. The van der Waals surface area contributed by atoms with Crippen LogP contribution in [0.25, 0.3) is 6.08 Å². The summed E-state index contributed by atoms with van der Waals surface area (Å²) in [7, 11) is 0. The predicted molar refractivity (Wildman–Crippen MR) is 70.1 cm³/mol. The highest BCUT2D eigenvalue weighted by Gasteiger charge is 2.14. The molecule has 0 aliphatic rings. The van der Waals surface area contributed by atoms with Gasteiger partial charge in [0.1, 0.15) is 6.04 Å². The molecule has 0 aliphatic heterocycles. The minimum absolute atomic E-state index is 0.299. The van der Waals surface area contributed by atoms with Gasteiger partial charge in [-0.15, -0.1) is 11.3 Å². The molecule has 1 aromatic rings. The van der Waals surface area contributed by atoms with Crippen LogP contribution in [-0.4, -0.2) is 29.5 Å². The first kappa shape index (κ1) is 14.4. The molecule has 5 nitrogen and oxygen atoms in total. The van der Waals surface area contributed by atoms with Gasteiger partial charge in [0.25, 0.3) is 0 Å². The Morgan fingerprint density at radius 1 is 1.61 bits per heavy atom. The van der Waals surface area contributed by atoms with E-state index in [9.17, 15) is 9.59 Å². The van der Waals surface area contributed by atoms with Gasteiger partial charge in [-0.3, -0.25) is 4.79 Å². The number of carbonyl (C=O) groups excluding carboxylic acids is 2. The van der Waals surface area contributed by atoms with Crippen molar-refractivity contribution in [2.45, 2.75) is 26.8 Å². The van der Waals surface area contributed by atoms with E-state index in [0.29, 0.717) is 6.61 Å². The molecule has 0 aliphatic carbocycles. The maximum Gasteiger partial charge on any atom is 0.328 e. The molecule has 0 spiro atoms. The zero-order chi connectivity index (χ0) is 13.5. The Balaban J connectivity index is 2.46. The number of amides is 1. The van der Waals surface area contributed by atoms with E-state index in [1.807, 2.05) is 12.3 Å². The first-order valence-electron chi connectivity index (χ1n) is 5.60. The van der Waals surface area contributed by atoms with Gasteiger partial charge in [-0.25, -0.2) is 9.78 Å². The average molecular weight is 268 g/mol. The largest absolute Gasteiger partial charge is 0.464 e. The quantitative estimate of drug-likeness (QED) is 0.649. The molecule has 0 bridgehead atoms. The van der Waals surface area contributed by atoms with E-state index in [4.69, 9.17) is 4.74 Å². The summed E-state index contributed by atoms with van der Waals surface area (Å²) in [5.41, 5.74) is 0.733. The molecule has 1 heterocycles. The molecule has 1 aromatic heterocycles.